The first-order valence-electron chi connectivity index (χ1n) is 44.0. The summed E-state index contributed by atoms with van der Waals surface area (Å²) < 4.78 is 23.3. The number of fused-ring (bicyclic) bond motifs is 30. The van der Waals surface area contributed by atoms with Crippen molar-refractivity contribution in [1.29, 1.82) is 0 Å². The molecule has 28 aromatic rings. The Morgan fingerprint density at radius 2 is 0.626 bits per heavy atom. The lowest BCUT2D eigenvalue weighted by Gasteiger charge is -2.22. The quantitative estimate of drug-likeness (QED) is 0.149. The molecule has 17 aromatic carbocycles. The van der Waals surface area contributed by atoms with Crippen molar-refractivity contribution in [2.45, 2.75) is 19.3 Å². The molecule has 0 saturated heterocycles. The molecule has 0 radical (unpaired) electrons. The average Bonchev–Trinajstić information content (AvgIpc) is 1.54. The van der Waals surface area contributed by atoms with Gasteiger partial charge in [-0.2, -0.15) is 0 Å². The molecule has 131 heavy (non-hydrogen) atoms. The Morgan fingerprint density at radius 1 is 0.244 bits per heavy atom. The van der Waals surface area contributed by atoms with Crippen molar-refractivity contribution in [2.75, 3.05) is 0 Å². The second kappa shape index (κ2) is 29.6. The maximum Gasteiger partial charge on any atom is 0.162 e. The lowest BCUT2D eigenvalue weighted by Crippen LogP contribution is -2.15. The van der Waals surface area contributed by atoms with Crippen LogP contribution in [0.4, 0.5) is 0 Å². The Balaban J connectivity index is 0.000000101. The number of furan rings is 1. The Bertz CT molecular complexity index is 9210. The Hall–Kier alpha value is -15.9. The van der Waals surface area contributed by atoms with Gasteiger partial charge in [-0.25, -0.2) is 29.9 Å². The fraction of sp³-hybridized carbons (Fsp3) is 0.0256. The maximum absolute atomic E-state index is 6.49. The summed E-state index contributed by atoms with van der Waals surface area (Å²) in [4.78, 5) is 31.0. The van der Waals surface area contributed by atoms with Crippen LogP contribution in [-0.4, -0.2) is 43.6 Å². The highest BCUT2D eigenvalue weighted by Crippen LogP contribution is 2.55. The van der Waals surface area contributed by atoms with Crippen LogP contribution < -0.4 is 0 Å². The van der Waals surface area contributed by atoms with E-state index >= 15 is 0 Å². The van der Waals surface area contributed by atoms with Gasteiger partial charge in [0.05, 0.1) is 80.5 Å². The minimum Gasteiger partial charge on any atom is -0.455 e. The molecule has 0 N–H and O–H groups in total. The summed E-state index contributed by atoms with van der Waals surface area (Å²) in [5, 5.41) is 15.9. The summed E-state index contributed by atoms with van der Waals surface area (Å²) in [7, 11) is 0. The van der Waals surface area contributed by atoms with Crippen LogP contribution in [0.15, 0.2) is 399 Å². The Labute approximate surface area is 765 Å². The number of rotatable bonds is 8. The van der Waals surface area contributed by atoms with Crippen LogP contribution in [0.25, 0.3) is 253 Å². The van der Waals surface area contributed by atoms with Crippen molar-refractivity contribution in [3.63, 3.8) is 0 Å². The summed E-state index contributed by atoms with van der Waals surface area (Å²) in [6, 6.07) is 140. The molecule has 1 aliphatic carbocycles. The molecule has 11 heterocycles. The molecule has 29 rings (SSSR count). The number of benzene rings is 17. The molecule has 0 spiro atoms. The number of nitrogens with zero attached hydrogens (tertiary/aromatic N) is 9. The van der Waals surface area contributed by atoms with Gasteiger partial charge < -0.3 is 13.6 Å². The summed E-state index contributed by atoms with van der Waals surface area (Å²) in [5.41, 5.74) is 26.6. The fourth-order valence-electron chi connectivity index (χ4n) is 20.6. The van der Waals surface area contributed by atoms with Gasteiger partial charge in [-0.15, -0.1) is 45.3 Å². The van der Waals surface area contributed by atoms with Crippen molar-refractivity contribution in [2.24, 2.45) is 0 Å². The van der Waals surface area contributed by atoms with Crippen LogP contribution in [0.1, 0.15) is 25.0 Å². The van der Waals surface area contributed by atoms with Gasteiger partial charge in [-0.05, 0) is 119 Å². The van der Waals surface area contributed by atoms with Crippen LogP contribution >= 0.6 is 45.3 Å². The van der Waals surface area contributed by atoms with Crippen molar-refractivity contribution in [3.8, 4) is 85.0 Å². The molecular weight excluding hydrogens is 1680 g/mol. The molecule has 11 aromatic heterocycles. The highest BCUT2D eigenvalue weighted by atomic mass is 32.1. The predicted molar refractivity (Wildman–Crippen MR) is 553 cm³/mol. The number of thiophene rings is 4. The van der Waals surface area contributed by atoms with Crippen molar-refractivity contribution >= 4 is 214 Å². The SMILES string of the molecule is CC1(C)c2ccccc2-c2ccc3c(c21)c1ccccc1n3-c1nc(-c2ccccc2)nc2c1sc1ccccc12.c1ccc(-c2nc(-c3ccc(-n4c5ccccc5c5c6oc7ccccc7c6ccc54)cc3)c3sc4ccccc4c3n2)cc1.c1ccc(-c2nc(-c3ccc(-n4c5ccccc5c5c6sc7ccccc7c6ccc54)cc3)c3sc4ccccc4c3n2)cc1. The maximum atomic E-state index is 6.49. The molecule has 1 aliphatic rings. The lowest BCUT2D eigenvalue weighted by molar-refractivity contribution is 0.666. The molecule has 14 heteroatoms. The fourth-order valence-corrected chi connectivity index (χ4v) is 25.3. The summed E-state index contributed by atoms with van der Waals surface area (Å²) >= 11 is 7.19. The highest BCUT2D eigenvalue weighted by molar-refractivity contribution is 7.27. The van der Waals surface area contributed by atoms with Crippen LogP contribution in [0.5, 0.6) is 0 Å². The van der Waals surface area contributed by atoms with E-state index in [2.05, 4.69) is 367 Å². The van der Waals surface area contributed by atoms with E-state index < -0.39 is 0 Å². The van der Waals surface area contributed by atoms with Gasteiger partial charge in [0.15, 0.2) is 23.3 Å². The molecule has 10 nitrogen and oxygen atoms in total. The second-order valence-electron chi connectivity index (χ2n) is 34.2. The van der Waals surface area contributed by atoms with E-state index in [0.29, 0.717) is 0 Å². The van der Waals surface area contributed by atoms with Gasteiger partial charge in [-0.3, -0.25) is 4.57 Å². The smallest absolute Gasteiger partial charge is 0.162 e. The molecule has 0 aliphatic heterocycles. The molecule has 0 bridgehead atoms. The largest absolute Gasteiger partial charge is 0.455 e. The molecule has 0 amide bonds. The van der Waals surface area contributed by atoms with Gasteiger partial charge in [-0.1, -0.05) is 311 Å². The number of aromatic nitrogens is 9. The molecular formula is C117H71N9OS4. The van der Waals surface area contributed by atoms with E-state index in [-0.39, 0.29) is 5.41 Å². The van der Waals surface area contributed by atoms with Gasteiger partial charge in [0.2, 0.25) is 0 Å². The standard InChI is InChI=1S/C40H23N3OS.C40H23N3S2.C37H25N3S/c2*1-2-10-25(11-3-1)40-41-36(39-37(42-40)30-14-6-9-17-34(30)45-39)24-18-20-26(21-19-24)43-31-15-7-4-13-29(31)35-32(43)23-22-28-27-12-5-8-16-33(27)44-38(28)35;1-37(2)27-17-9-6-14-23(27)24-20-21-29-31(32(24)37)25-15-7-10-18-28(25)40(29)36-34-33(26-16-8-11-19-30(26)41-34)38-35(39-36)22-12-4-3-5-13-22/h2*1-23H;3-21H,1-2H3. The second-order valence-corrected chi connectivity index (χ2v) is 38.4. The van der Waals surface area contributed by atoms with Crippen molar-refractivity contribution < 1.29 is 4.42 Å². The summed E-state index contributed by atoms with van der Waals surface area (Å²) in [6.45, 7) is 4.73. The van der Waals surface area contributed by atoms with Gasteiger partial charge >= 0.3 is 0 Å². The first-order valence-corrected chi connectivity index (χ1v) is 47.3. The van der Waals surface area contributed by atoms with E-state index in [4.69, 9.17) is 34.3 Å². The number of para-hydroxylation sites is 4. The number of hydrogen-bond acceptors (Lipinski definition) is 11. The average molecular weight is 1750 g/mol. The van der Waals surface area contributed by atoms with Crippen LogP contribution in [0.2, 0.25) is 0 Å². The predicted octanol–water partition coefficient (Wildman–Crippen LogP) is 32.7. The molecule has 0 unspecified atom stereocenters. The van der Waals surface area contributed by atoms with Crippen molar-refractivity contribution in [3.05, 3.63) is 405 Å². The zero-order chi connectivity index (χ0) is 86.3. The first kappa shape index (κ1) is 75.2. The van der Waals surface area contributed by atoms with Crippen LogP contribution in [0.3, 0.4) is 0 Å². The van der Waals surface area contributed by atoms with E-state index in [1.54, 1.807) is 34.0 Å². The third-order valence-electron chi connectivity index (χ3n) is 26.5. The Kier molecular flexibility index (Phi) is 17.0. The van der Waals surface area contributed by atoms with E-state index in [9.17, 15) is 0 Å². The van der Waals surface area contributed by atoms with Crippen molar-refractivity contribution in [1.82, 2.24) is 43.6 Å². The zero-order valence-corrected chi connectivity index (χ0v) is 73.9. The minimum atomic E-state index is -0.117. The van der Waals surface area contributed by atoms with Gasteiger partial charge in [0.25, 0.3) is 0 Å². The van der Waals surface area contributed by atoms with Gasteiger partial charge in [0, 0.05) is 133 Å². The summed E-state index contributed by atoms with van der Waals surface area (Å²) in [6.07, 6.45) is 0. The monoisotopic (exact) mass is 1750 g/mol. The van der Waals surface area contributed by atoms with E-state index in [1.165, 1.54) is 116 Å². The molecule has 0 atom stereocenters. The third kappa shape index (κ3) is 11.7. The lowest BCUT2D eigenvalue weighted by atomic mass is 9.80. The minimum absolute atomic E-state index is 0.117. The van der Waals surface area contributed by atoms with Crippen LogP contribution in [0, 0.1) is 0 Å². The normalized spacial score (nSPS) is 12.6. The number of hydrogen-bond donors (Lipinski definition) is 0. The molecule has 0 fully saturated rings. The summed E-state index contributed by atoms with van der Waals surface area (Å²) in [5.74, 6) is 3.18. The van der Waals surface area contributed by atoms with E-state index in [0.717, 1.165) is 148 Å². The Morgan fingerprint density at radius 3 is 1.17 bits per heavy atom. The molecule has 0 saturated carbocycles. The highest BCUT2D eigenvalue weighted by Gasteiger charge is 2.39. The third-order valence-corrected chi connectivity index (χ3v) is 31.2. The molecule has 614 valence electrons. The van der Waals surface area contributed by atoms with Gasteiger partial charge in [0.1, 0.15) is 11.2 Å². The topological polar surface area (TPSA) is 105 Å². The van der Waals surface area contributed by atoms with E-state index in [1.807, 2.05) is 65.9 Å². The first-order chi connectivity index (χ1) is 64.7. The van der Waals surface area contributed by atoms with Crippen LogP contribution in [-0.2, 0) is 5.41 Å². The zero-order valence-electron chi connectivity index (χ0n) is 70.6.